The fraction of sp³-hybridized carbons (Fsp3) is 0.444. The Morgan fingerprint density at radius 2 is 2.35 bits per heavy atom. The van der Waals surface area contributed by atoms with Gasteiger partial charge in [-0.2, -0.15) is 5.26 Å². The van der Waals surface area contributed by atoms with E-state index in [2.05, 4.69) is 20.7 Å². The fourth-order valence-electron chi connectivity index (χ4n) is 1.69. The van der Waals surface area contributed by atoms with E-state index >= 15 is 0 Å². The molecule has 0 saturated carbocycles. The van der Waals surface area contributed by atoms with Gasteiger partial charge in [-0.25, -0.2) is 13.1 Å². The molecule has 0 spiro atoms. The third kappa shape index (κ3) is 2.80. The molecule has 0 bridgehead atoms. The van der Waals surface area contributed by atoms with E-state index in [1.807, 2.05) is 6.19 Å². The Hall–Kier alpha value is -0.620. The second kappa shape index (κ2) is 4.94. The van der Waals surface area contributed by atoms with Crippen LogP contribution in [0.2, 0.25) is 0 Å². The van der Waals surface area contributed by atoms with Crippen molar-refractivity contribution in [2.45, 2.75) is 17.4 Å². The number of hydrogen-bond donors (Lipinski definition) is 1. The van der Waals surface area contributed by atoms with Gasteiger partial charge in [0.25, 0.3) is 0 Å². The molecule has 0 unspecified atom stereocenters. The number of halogens is 1. The van der Waals surface area contributed by atoms with Crippen molar-refractivity contribution in [2.75, 3.05) is 13.1 Å². The smallest absolute Gasteiger partial charge is 0.242 e. The van der Waals surface area contributed by atoms with Gasteiger partial charge in [0, 0.05) is 34.4 Å². The molecule has 1 aromatic heterocycles. The maximum absolute atomic E-state index is 12.0. The molecule has 1 aliphatic rings. The maximum atomic E-state index is 12.0. The molecule has 5 nitrogen and oxygen atoms in total. The van der Waals surface area contributed by atoms with Crippen LogP contribution in [0.5, 0.6) is 0 Å². The van der Waals surface area contributed by atoms with Gasteiger partial charge < -0.3 is 4.90 Å². The summed E-state index contributed by atoms with van der Waals surface area (Å²) >= 11 is 4.53. The Bertz CT molecular complexity index is 549. The van der Waals surface area contributed by atoms with Crippen LogP contribution in [0.4, 0.5) is 0 Å². The van der Waals surface area contributed by atoms with Gasteiger partial charge >= 0.3 is 0 Å². The first-order valence-corrected chi connectivity index (χ1v) is 8.13. The summed E-state index contributed by atoms with van der Waals surface area (Å²) in [6, 6.07) is -0.188. The summed E-state index contributed by atoms with van der Waals surface area (Å²) in [5, 5.41) is 12.0. The highest BCUT2D eigenvalue weighted by molar-refractivity contribution is 9.10. The van der Waals surface area contributed by atoms with E-state index in [4.69, 9.17) is 5.26 Å². The molecule has 2 heterocycles. The highest BCUT2D eigenvalue weighted by atomic mass is 79.9. The summed E-state index contributed by atoms with van der Waals surface area (Å²) in [4.78, 5) is 1.81. The molecule has 2 rings (SSSR count). The lowest BCUT2D eigenvalue weighted by Crippen LogP contribution is -2.36. The van der Waals surface area contributed by atoms with E-state index in [0.717, 1.165) is 0 Å². The first-order valence-electron chi connectivity index (χ1n) is 4.91. The van der Waals surface area contributed by atoms with Crippen molar-refractivity contribution in [3.05, 3.63) is 15.2 Å². The Morgan fingerprint density at radius 1 is 1.59 bits per heavy atom. The van der Waals surface area contributed by atoms with Crippen molar-refractivity contribution >= 4 is 37.3 Å². The van der Waals surface area contributed by atoms with Crippen LogP contribution >= 0.6 is 27.3 Å². The lowest BCUT2D eigenvalue weighted by Gasteiger charge is -2.12. The minimum atomic E-state index is -3.49. The van der Waals surface area contributed by atoms with Gasteiger partial charge in [-0.15, -0.1) is 11.3 Å². The minimum Gasteiger partial charge on any atom is -0.309 e. The van der Waals surface area contributed by atoms with Crippen LogP contribution in [-0.4, -0.2) is 32.4 Å². The largest absolute Gasteiger partial charge is 0.309 e. The number of nitrogens with zero attached hydrogens (tertiary/aromatic N) is 2. The zero-order valence-corrected chi connectivity index (χ0v) is 12.0. The monoisotopic (exact) mass is 335 g/mol. The van der Waals surface area contributed by atoms with Gasteiger partial charge in [-0.05, 0) is 22.4 Å². The van der Waals surface area contributed by atoms with E-state index in [1.165, 1.54) is 11.3 Å². The van der Waals surface area contributed by atoms with Gasteiger partial charge in [0.1, 0.15) is 4.90 Å². The molecule has 1 saturated heterocycles. The predicted molar refractivity (Wildman–Crippen MR) is 67.9 cm³/mol. The lowest BCUT2D eigenvalue weighted by atomic mass is 10.3. The molecule has 1 N–H and O–H groups in total. The number of rotatable bonds is 3. The fourth-order valence-corrected chi connectivity index (χ4v) is 5.31. The molecule has 92 valence electrons. The van der Waals surface area contributed by atoms with Crippen LogP contribution in [-0.2, 0) is 10.0 Å². The molecule has 0 amide bonds. The molecule has 17 heavy (non-hydrogen) atoms. The number of nitriles is 1. The van der Waals surface area contributed by atoms with Crippen molar-refractivity contribution in [2.24, 2.45) is 0 Å². The lowest BCUT2D eigenvalue weighted by molar-refractivity contribution is 0.470. The highest BCUT2D eigenvalue weighted by Crippen LogP contribution is 2.26. The van der Waals surface area contributed by atoms with Gasteiger partial charge in [0.2, 0.25) is 10.0 Å². The standard InChI is InChI=1S/C9H10BrN3O2S2/c10-8-4-16-5-9(8)17(14,15)12-7-1-2-13(3-7)6-11/h4-5,7,12H,1-3H2/t7-/m1/s1. The third-order valence-corrected chi connectivity index (χ3v) is 6.20. The molecule has 8 heteroatoms. The molecule has 0 aromatic carbocycles. The number of nitrogens with one attached hydrogen (secondary N) is 1. The summed E-state index contributed by atoms with van der Waals surface area (Å²) in [5.41, 5.74) is 0. The SMILES string of the molecule is N#CN1CC[C@@H](NS(=O)(=O)c2cscc2Br)C1. The number of thiophene rings is 1. The summed E-state index contributed by atoms with van der Waals surface area (Å²) < 4.78 is 27.3. The highest BCUT2D eigenvalue weighted by Gasteiger charge is 2.28. The first-order chi connectivity index (χ1) is 8.03. The molecule has 1 fully saturated rings. The average Bonchev–Trinajstić information content (AvgIpc) is 2.86. The van der Waals surface area contributed by atoms with Crippen molar-refractivity contribution in [1.29, 1.82) is 5.26 Å². The third-order valence-electron chi connectivity index (χ3n) is 2.52. The zero-order valence-electron chi connectivity index (χ0n) is 8.76. The zero-order chi connectivity index (χ0) is 12.5. The number of sulfonamides is 1. The summed E-state index contributed by atoms with van der Waals surface area (Å²) in [6.45, 7) is 1.05. The van der Waals surface area contributed by atoms with Crippen molar-refractivity contribution in [3.63, 3.8) is 0 Å². The normalized spacial score (nSPS) is 20.5. The Kier molecular flexibility index (Phi) is 3.73. The quantitative estimate of drug-likeness (QED) is 0.846. The molecule has 0 aliphatic carbocycles. The number of hydrogen-bond acceptors (Lipinski definition) is 5. The van der Waals surface area contributed by atoms with Crippen LogP contribution in [0.25, 0.3) is 0 Å². The van der Waals surface area contributed by atoms with E-state index in [9.17, 15) is 8.42 Å². The molecule has 1 aliphatic heterocycles. The molecule has 0 radical (unpaired) electrons. The Morgan fingerprint density at radius 3 is 2.88 bits per heavy atom. The molecule has 1 aromatic rings. The van der Waals surface area contributed by atoms with Crippen LogP contribution in [0.3, 0.4) is 0 Å². The topological polar surface area (TPSA) is 73.2 Å². The second-order valence-corrected chi connectivity index (χ2v) is 7.02. The second-order valence-electron chi connectivity index (χ2n) is 3.74. The van der Waals surface area contributed by atoms with Crippen molar-refractivity contribution in [1.82, 2.24) is 9.62 Å². The first kappa shape index (κ1) is 12.8. The van der Waals surface area contributed by atoms with Gasteiger partial charge in [0.05, 0.1) is 0 Å². The van der Waals surface area contributed by atoms with E-state index < -0.39 is 10.0 Å². The van der Waals surface area contributed by atoms with Crippen LogP contribution in [0.1, 0.15) is 6.42 Å². The predicted octanol–water partition coefficient (Wildman–Crippen LogP) is 1.34. The number of likely N-dealkylation sites (tertiary alicyclic amines) is 1. The van der Waals surface area contributed by atoms with Gasteiger partial charge in [0.15, 0.2) is 6.19 Å². The van der Waals surface area contributed by atoms with Crippen molar-refractivity contribution in [3.8, 4) is 6.19 Å². The Balaban J connectivity index is 2.10. The summed E-state index contributed by atoms with van der Waals surface area (Å²) in [7, 11) is -3.49. The average molecular weight is 336 g/mol. The van der Waals surface area contributed by atoms with Gasteiger partial charge in [-0.3, -0.25) is 0 Å². The van der Waals surface area contributed by atoms with Crippen LogP contribution in [0, 0.1) is 11.5 Å². The maximum Gasteiger partial charge on any atom is 0.242 e. The summed E-state index contributed by atoms with van der Waals surface area (Å²) in [5.74, 6) is 0. The van der Waals surface area contributed by atoms with Crippen LogP contribution < -0.4 is 4.72 Å². The Labute approximate surface area is 112 Å². The van der Waals surface area contributed by atoms with Gasteiger partial charge in [-0.1, -0.05) is 0 Å². The van der Waals surface area contributed by atoms with E-state index in [-0.39, 0.29) is 10.9 Å². The van der Waals surface area contributed by atoms with Crippen LogP contribution in [0.15, 0.2) is 20.1 Å². The molecule has 1 atom stereocenters. The van der Waals surface area contributed by atoms with E-state index in [1.54, 1.807) is 15.7 Å². The minimum absolute atomic E-state index is 0.188. The summed E-state index contributed by atoms with van der Waals surface area (Å²) in [6.07, 6.45) is 2.68. The molecular weight excluding hydrogens is 326 g/mol. The van der Waals surface area contributed by atoms with E-state index in [0.29, 0.717) is 24.0 Å². The van der Waals surface area contributed by atoms with Crippen molar-refractivity contribution < 1.29 is 8.42 Å². The molecular formula is C9H10BrN3O2S2.